The Labute approximate surface area is 96.8 Å². The summed E-state index contributed by atoms with van der Waals surface area (Å²) in [5, 5.41) is 7.19. The summed E-state index contributed by atoms with van der Waals surface area (Å²) in [4.78, 5) is 4.01. The third-order valence-electron chi connectivity index (χ3n) is 3.36. The zero-order valence-electron chi connectivity index (χ0n) is 10.1. The first kappa shape index (κ1) is 11.6. The minimum Gasteiger partial charge on any atom is -0.340 e. The van der Waals surface area contributed by atoms with E-state index in [9.17, 15) is 0 Å². The smallest absolute Gasteiger partial charge is 0.227 e. The van der Waals surface area contributed by atoms with E-state index in [2.05, 4.69) is 29.3 Å². The van der Waals surface area contributed by atoms with Crippen molar-refractivity contribution in [3.8, 4) is 0 Å². The van der Waals surface area contributed by atoms with Crippen molar-refractivity contribution in [1.82, 2.24) is 15.5 Å². The molecule has 0 aliphatic heterocycles. The molecule has 16 heavy (non-hydrogen) atoms. The molecule has 0 amide bonds. The van der Waals surface area contributed by atoms with Gasteiger partial charge in [-0.25, -0.2) is 0 Å². The Balaban J connectivity index is 1.69. The van der Waals surface area contributed by atoms with E-state index < -0.39 is 0 Å². The van der Waals surface area contributed by atoms with Gasteiger partial charge in [-0.3, -0.25) is 0 Å². The van der Waals surface area contributed by atoms with Crippen molar-refractivity contribution < 1.29 is 4.52 Å². The quantitative estimate of drug-likeness (QED) is 0.848. The lowest BCUT2D eigenvalue weighted by molar-refractivity contribution is 0.238. The molecule has 90 valence electrons. The summed E-state index contributed by atoms with van der Waals surface area (Å²) >= 11 is 0. The summed E-state index contributed by atoms with van der Waals surface area (Å²) in [7, 11) is 0. The van der Waals surface area contributed by atoms with Crippen molar-refractivity contribution in [3.63, 3.8) is 0 Å². The van der Waals surface area contributed by atoms with Crippen molar-refractivity contribution in [2.45, 2.75) is 45.6 Å². The molecule has 1 heterocycles. The van der Waals surface area contributed by atoms with Gasteiger partial charge in [-0.1, -0.05) is 19.0 Å². The van der Waals surface area contributed by atoms with E-state index in [1.54, 1.807) is 0 Å². The van der Waals surface area contributed by atoms with Gasteiger partial charge in [-0.2, -0.15) is 4.98 Å². The molecule has 2 atom stereocenters. The summed E-state index contributed by atoms with van der Waals surface area (Å²) in [6.07, 6.45) is 6.27. The van der Waals surface area contributed by atoms with Crippen LogP contribution in [-0.2, 0) is 6.42 Å². The molecule has 4 heteroatoms. The van der Waals surface area contributed by atoms with Crippen LogP contribution in [0.4, 0.5) is 0 Å². The van der Waals surface area contributed by atoms with E-state index in [1.807, 2.05) is 0 Å². The van der Waals surface area contributed by atoms with Crippen molar-refractivity contribution in [2.75, 3.05) is 6.54 Å². The van der Waals surface area contributed by atoms with Crippen LogP contribution in [0.5, 0.6) is 0 Å². The molecule has 0 bridgehead atoms. The predicted molar refractivity (Wildman–Crippen MR) is 62.0 cm³/mol. The van der Waals surface area contributed by atoms with E-state index in [0.717, 1.165) is 30.7 Å². The number of rotatable bonds is 4. The number of nitrogens with zero attached hydrogens (tertiary/aromatic N) is 2. The zero-order valence-corrected chi connectivity index (χ0v) is 10.1. The van der Waals surface area contributed by atoms with E-state index >= 15 is 0 Å². The second-order valence-electron chi connectivity index (χ2n) is 5.15. The molecule has 0 radical (unpaired) electrons. The second kappa shape index (κ2) is 5.43. The number of nitrogens with one attached hydrogen (secondary N) is 1. The predicted octanol–water partition coefficient (Wildman–Crippen LogP) is 2.03. The van der Waals surface area contributed by atoms with Crippen LogP contribution in [0, 0.1) is 11.8 Å². The molecule has 2 unspecified atom stereocenters. The number of hydrogen-bond acceptors (Lipinski definition) is 4. The Kier molecular flexibility index (Phi) is 3.93. The molecule has 1 fully saturated rings. The minimum atomic E-state index is 0.668. The molecule has 1 saturated carbocycles. The van der Waals surface area contributed by atoms with Crippen LogP contribution in [0.2, 0.25) is 0 Å². The molecule has 0 spiro atoms. The maximum absolute atomic E-state index is 4.96. The van der Waals surface area contributed by atoms with Crippen LogP contribution in [0.1, 0.15) is 39.0 Å². The molecule has 0 aromatic carbocycles. The average molecular weight is 223 g/mol. The van der Waals surface area contributed by atoms with Gasteiger partial charge < -0.3 is 9.84 Å². The first-order chi connectivity index (χ1) is 7.74. The monoisotopic (exact) mass is 223 g/mol. The molecule has 0 saturated heterocycles. The lowest BCUT2D eigenvalue weighted by Gasteiger charge is -2.32. The third-order valence-corrected chi connectivity index (χ3v) is 3.36. The van der Waals surface area contributed by atoms with Gasteiger partial charge in [0.15, 0.2) is 6.33 Å². The van der Waals surface area contributed by atoms with Crippen LogP contribution >= 0.6 is 0 Å². The Bertz CT molecular complexity index is 289. The van der Waals surface area contributed by atoms with Crippen LogP contribution in [-0.4, -0.2) is 22.7 Å². The van der Waals surface area contributed by atoms with Crippen LogP contribution in [0.25, 0.3) is 0 Å². The second-order valence-corrected chi connectivity index (χ2v) is 5.15. The molecule has 1 N–H and O–H groups in total. The van der Waals surface area contributed by atoms with Gasteiger partial charge in [0.2, 0.25) is 5.89 Å². The molecule has 1 aliphatic carbocycles. The zero-order chi connectivity index (χ0) is 11.4. The van der Waals surface area contributed by atoms with Gasteiger partial charge in [-0.05, 0) is 31.1 Å². The molecular weight excluding hydrogens is 202 g/mol. The van der Waals surface area contributed by atoms with Gasteiger partial charge in [0, 0.05) is 19.0 Å². The van der Waals surface area contributed by atoms with Crippen molar-refractivity contribution in [1.29, 1.82) is 0 Å². The summed E-state index contributed by atoms with van der Waals surface area (Å²) in [5.74, 6) is 2.43. The van der Waals surface area contributed by atoms with Gasteiger partial charge in [0.25, 0.3) is 0 Å². The van der Waals surface area contributed by atoms with Crippen molar-refractivity contribution >= 4 is 0 Å². The molecule has 1 aliphatic rings. The highest BCUT2D eigenvalue weighted by molar-refractivity contribution is 4.81. The van der Waals surface area contributed by atoms with Crippen LogP contribution in [0.15, 0.2) is 10.9 Å². The van der Waals surface area contributed by atoms with Crippen molar-refractivity contribution in [2.24, 2.45) is 11.8 Å². The molecule has 1 aromatic rings. The van der Waals surface area contributed by atoms with E-state index in [-0.39, 0.29) is 0 Å². The van der Waals surface area contributed by atoms with Gasteiger partial charge in [0.1, 0.15) is 0 Å². The van der Waals surface area contributed by atoms with Crippen LogP contribution in [0.3, 0.4) is 0 Å². The lowest BCUT2D eigenvalue weighted by atomic mass is 9.80. The van der Waals surface area contributed by atoms with Crippen LogP contribution < -0.4 is 5.32 Å². The van der Waals surface area contributed by atoms with Gasteiger partial charge in [-0.15, -0.1) is 0 Å². The summed E-state index contributed by atoms with van der Waals surface area (Å²) in [6.45, 7) is 5.64. The minimum absolute atomic E-state index is 0.668. The lowest BCUT2D eigenvalue weighted by Crippen LogP contribution is -2.37. The molecule has 1 aromatic heterocycles. The highest BCUT2D eigenvalue weighted by Crippen LogP contribution is 2.28. The fraction of sp³-hybridized carbons (Fsp3) is 0.833. The Hall–Kier alpha value is -0.900. The topological polar surface area (TPSA) is 51.0 Å². The Morgan fingerprint density at radius 1 is 1.31 bits per heavy atom. The fourth-order valence-corrected chi connectivity index (χ4v) is 2.80. The normalized spacial score (nSPS) is 30.5. The van der Waals surface area contributed by atoms with Gasteiger partial charge >= 0.3 is 0 Å². The summed E-state index contributed by atoms with van der Waals surface area (Å²) in [5.41, 5.74) is 0. The van der Waals surface area contributed by atoms with Gasteiger partial charge in [0.05, 0.1) is 0 Å². The first-order valence-electron chi connectivity index (χ1n) is 6.23. The standard InChI is InChI=1S/C12H21N3O/c1-9-5-10(2)7-11(6-9)13-4-3-12-14-8-15-16-12/h8-11,13H,3-7H2,1-2H3. The summed E-state index contributed by atoms with van der Waals surface area (Å²) < 4.78 is 4.96. The van der Waals surface area contributed by atoms with E-state index in [1.165, 1.54) is 25.6 Å². The van der Waals surface area contributed by atoms with E-state index in [0.29, 0.717) is 6.04 Å². The SMILES string of the molecule is CC1CC(C)CC(NCCc2ncno2)C1. The first-order valence-corrected chi connectivity index (χ1v) is 6.23. The molecule has 2 rings (SSSR count). The Morgan fingerprint density at radius 2 is 2.06 bits per heavy atom. The van der Waals surface area contributed by atoms with E-state index in [4.69, 9.17) is 4.52 Å². The highest BCUT2D eigenvalue weighted by atomic mass is 16.5. The maximum atomic E-state index is 4.96. The average Bonchev–Trinajstić information content (AvgIpc) is 2.69. The molecule has 4 nitrogen and oxygen atoms in total. The highest BCUT2D eigenvalue weighted by Gasteiger charge is 2.23. The third kappa shape index (κ3) is 3.30. The maximum Gasteiger partial charge on any atom is 0.227 e. The van der Waals surface area contributed by atoms with Crippen molar-refractivity contribution in [3.05, 3.63) is 12.2 Å². The largest absolute Gasteiger partial charge is 0.340 e. The Morgan fingerprint density at radius 3 is 2.69 bits per heavy atom. The number of aromatic nitrogens is 2. The fourth-order valence-electron chi connectivity index (χ4n) is 2.80. The number of hydrogen-bond donors (Lipinski definition) is 1. The molecular formula is C12H21N3O. The summed E-state index contributed by atoms with van der Waals surface area (Å²) in [6, 6.07) is 0.668.